The summed E-state index contributed by atoms with van der Waals surface area (Å²) in [5, 5.41) is 2.80. The molecule has 1 rings (SSSR count). The average Bonchev–Trinajstić information content (AvgIpc) is 2.15. The molecule has 1 aliphatic rings. The van der Waals surface area contributed by atoms with Gasteiger partial charge in [0.25, 0.3) is 0 Å². The smallest absolute Gasteiger partial charge is 0.316 e. The maximum Gasteiger partial charge on any atom is 0.414 e. The van der Waals surface area contributed by atoms with E-state index in [1.807, 2.05) is 0 Å². The van der Waals surface area contributed by atoms with Gasteiger partial charge in [0, 0.05) is 0 Å². The Kier molecular flexibility index (Phi) is 4.62. The topological polar surface area (TPSA) is 87.0 Å². The Morgan fingerprint density at radius 1 is 1.59 bits per heavy atom. The first-order valence-corrected chi connectivity index (χ1v) is 8.33. The summed E-state index contributed by atoms with van der Waals surface area (Å²) in [5.74, 6) is 0. The number of quaternary nitrogens is 1. The first kappa shape index (κ1) is 14.9. The van der Waals surface area contributed by atoms with E-state index in [4.69, 9.17) is 9.79 Å². The van der Waals surface area contributed by atoms with Crippen LogP contribution in [0.4, 0.5) is 4.79 Å². The van der Waals surface area contributed by atoms with Gasteiger partial charge < -0.3 is 9.79 Å². The van der Waals surface area contributed by atoms with E-state index >= 15 is 0 Å². The summed E-state index contributed by atoms with van der Waals surface area (Å²) in [6.45, 7) is -0.982. The molecule has 0 radical (unpaired) electrons. The fraction of sp³-hybridized carbons (Fsp3) is 0.500. The minimum absolute atomic E-state index is 0.00236. The molecule has 0 bridgehead atoms. The van der Waals surface area contributed by atoms with Gasteiger partial charge in [-0.25, -0.2) is 9.36 Å². The molecular weight excluding hydrogens is 283 g/mol. The molecule has 0 spiro atoms. The zero-order chi connectivity index (χ0) is 13.3. The molecule has 0 fully saturated rings. The molecule has 0 aliphatic carbocycles. The second-order valence-electron chi connectivity index (χ2n) is 3.74. The quantitative estimate of drug-likeness (QED) is 0.412. The maximum atomic E-state index is 12.0. The molecular formula is C8H14N2O4PS2+. The highest BCUT2D eigenvalue weighted by Gasteiger charge is 2.49. The van der Waals surface area contributed by atoms with Crippen molar-refractivity contribution in [1.82, 2.24) is 0 Å². The van der Waals surface area contributed by atoms with Crippen molar-refractivity contribution in [2.24, 2.45) is 5.10 Å². The van der Waals surface area contributed by atoms with Crippen LogP contribution in [0.5, 0.6) is 0 Å². The van der Waals surface area contributed by atoms with Crippen LogP contribution in [-0.2, 0) is 4.57 Å². The molecule has 0 aromatic carbocycles. The Morgan fingerprint density at radius 3 is 2.59 bits per heavy atom. The number of carbonyl (C=O) groups is 1. The van der Waals surface area contributed by atoms with Crippen molar-refractivity contribution in [3.05, 3.63) is 12.2 Å². The number of allylic oxidation sites excluding steroid dienone is 1. The molecule has 1 aliphatic heterocycles. The lowest BCUT2D eigenvalue weighted by atomic mass is 10.3. The summed E-state index contributed by atoms with van der Waals surface area (Å²) in [7, 11) is 0. The van der Waals surface area contributed by atoms with Crippen molar-refractivity contribution >= 4 is 42.3 Å². The van der Waals surface area contributed by atoms with Crippen LogP contribution in [0.2, 0.25) is 0 Å². The van der Waals surface area contributed by atoms with E-state index in [1.54, 1.807) is 26.0 Å². The van der Waals surface area contributed by atoms with Crippen molar-refractivity contribution in [2.75, 3.05) is 0 Å². The van der Waals surface area contributed by atoms with E-state index in [9.17, 15) is 9.36 Å². The first-order valence-electron chi connectivity index (χ1n) is 4.78. The lowest BCUT2D eigenvalue weighted by Crippen LogP contribution is -2.56. The molecule has 2 atom stereocenters. The highest BCUT2D eigenvalue weighted by molar-refractivity contribution is 8.61. The number of nitrogens with zero attached hydrogens (tertiary/aromatic N) is 2. The predicted octanol–water partition coefficient (Wildman–Crippen LogP) is 1.97. The van der Waals surface area contributed by atoms with E-state index in [-0.39, 0.29) is 17.4 Å². The molecule has 1 heterocycles. The molecule has 96 valence electrons. The van der Waals surface area contributed by atoms with Crippen LogP contribution in [0.3, 0.4) is 0 Å². The lowest BCUT2D eigenvalue weighted by Gasteiger charge is -2.36. The zero-order valence-corrected chi connectivity index (χ0v) is 11.9. The minimum Gasteiger partial charge on any atom is -0.316 e. The maximum absolute atomic E-state index is 12.0. The number of thiol groups is 1. The van der Waals surface area contributed by atoms with Gasteiger partial charge in [0.2, 0.25) is 0 Å². The molecule has 2 unspecified atom stereocenters. The SMILES string of the molecule is CC(C)[N+]1(C(=O)SP(=O)(O)O)N=CC=CC1S. The van der Waals surface area contributed by atoms with Gasteiger partial charge in [0.05, 0.1) is 6.21 Å². The molecule has 0 saturated carbocycles. The summed E-state index contributed by atoms with van der Waals surface area (Å²) in [4.78, 5) is 29.7. The fourth-order valence-corrected chi connectivity index (χ4v) is 3.79. The van der Waals surface area contributed by atoms with Gasteiger partial charge >= 0.3 is 12.0 Å². The molecule has 0 aromatic heterocycles. The van der Waals surface area contributed by atoms with Crippen LogP contribution in [-0.4, -0.2) is 37.2 Å². The second kappa shape index (κ2) is 5.26. The Balaban J connectivity index is 3.10. The van der Waals surface area contributed by atoms with Gasteiger partial charge in [-0.2, -0.15) is 0 Å². The number of hydrogen-bond acceptors (Lipinski definition) is 5. The third-order valence-electron chi connectivity index (χ3n) is 2.31. The van der Waals surface area contributed by atoms with Crippen molar-refractivity contribution in [1.29, 1.82) is 0 Å². The molecule has 1 amide bonds. The third kappa shape index (κ3) is 3.21. The van der Waals surface area contributed by atoms with Gasteiger partial charge in [0.1, 0.15) is 17.4 Å². The molecule has 17 heavy (non-hydrogen) atoms. The summed E-state index contributed by atoms with van der Waals surface area (Å²) >= 11 is 4.25. The Morgan fingerprint density at radius 2 is 2.18 bits per heavy atom. The van der Waals surface area contributed by atoms with Gasteiger partial charge in [-0.05, 0) is 26.0 Å². The molecule has 2 N–H and O–H groups in total. The monoisotopic (exact) mass is 297 g/mol. The van der Waals surface area contributed by atoms with Crippen LogP contribution in [0, 0.1) is 0 Å². The van der Waals surface area contributed by atoms with E-state index in [0.29, 0.717) is 0 Å². The minimum atomic E-state index is -4.48. The summed E-state index contributed by atoms with van der Waals surface area (Å²) in [5.41, 5.74) is 0. The first-order chi connectivity index (χ1) is 7.70. The summed E-state index contributed by atoms with van der Waals surface area (Å²) < 4.78 is 10.4. The van der Waals surface area contributed by atoms with Crippen LogP contribution < -0.4 is 0 Å². The van der Waals surface area contributed by atoms with Gasteiger partial charge in [-0.1, -0.05) is 5.10 Å². The molecule has 0 aromatic rings. The van der Waals surface area contributed by atoms with E-state index in [2.05, 4.69) is 17.7 Å². The fourth-order valence-electron chi connectivity index (χ4n) is 1.47. The molecule has 9 heteroatoms. The number of hydrogen-bond donors (Lipinski definition) is 3. The van der Waals surface area contributed by atoms with Crippen LogP contribution in [0.15, 0.2) is 17.3 Å². The third-order valence-corrected chi connectivity index (χ3v) is 4.70. The lowest BCUT2D eigenvalue weighted by molar-refractivity contribution is -0.876. The highest BCUT2D eigenvalue weighted by atomic mass is 32.7. The van der Waals surface area contributed by atoms with E-state index in [1.165, 1.54) is 6.21 Å². The highest BCUT2D eigenvalue weighted by Crippen LogP contribution is 2.53. The van der Waals surface area contributed by atoms with Gasteiger partial charge in [0.15, 0.2) is 5.37 Å². The van der Waals surface area contributed by atoms with Crippen LogP contribution >= 0.6 is 30.8 Å². The number of rotatable bonds is 2. The average molecular weight is 297 g/mol. The number of amides is 1. The molecule has 0 saturated heterocycles. The van der Waals surface area contributed by atoms with Crippen LogP contribution in [0.1, 0.15) is 13.8 Å². The van der Waals surface area contributed by atoms with Gasteiger partial charge in [-0.3, -0.25) is 0 Å². The van der Waals surface area contributed by atoms with Crippen molar-refractivity contribution in [2.45, 2.75) is 25.3 Å². The largest absolute Gasteiger partial charge is 0.414 e. The zero-order valence-electron chi connectivity index (χ0n) is 9.29. The van der Waals surface area contributed by atoms with E-state index < -0.39 is 22.0 Å². The van der Waals surface area contributed by atoms with E-state index in [0.717, 1.165) is 0 Å². The summed E-state index contributed by atoms with van der Waals surface area (Å²) in [6.07, 6.45) is 4.74. The Labute approximate surface area is 109 Å². The summed E-state index contributed by atoms with van der Waals surface area (Å²) in [6, 6.07) is -0.273. The van der Waals surface area contributed by atoms with Gasteiger partial charge in [-0.15, -0.1) is 17.2 Å². The Hall–Kier alpha value is -0.110. The van der Waals surface area contributed by atoms with Crippen molar-refractivity contribution in [3.8, 4) is 0 Å². The second-order valence-corrected chi connectivity index (χ2v) is 7.76. The van der Waals surface area contributed by atoms with Crippen LogP contribution in [0.25, 0.3) is 0 Å². The Bertz CT molecular complexity index is 420. The molecule has 6 nitrogen and oxygen atoms in total. The normalized spacial score (nSPS) is 28.7. The predicted molar refractivity (Wildman–Crippen MR) is 70.8 cm³/mol. The van der Waals surface area contributed by atoms with Crippen molar-refractivity contribution in [3.63, 3.8) is 0 Å². The number of carbonyl (C=O) groups excluding carboxylic acids is 1. The van der Waals surface area contributed by atoms with Crippen molar-refractivity contribution < 1.29 is 23.7 Å². The standard InChI is InChI=1S/C8H13N2O4PS2/c1-6(2)10(7(16)4-3-5-9-10)8(11)17-15(12,13)14/h3-7H,1-2H3,(H2-,12,13,14,16)/p+1.